The summed E-state index contributed by atoms with van der Waals surface area (Å²) in [6, 6.07) is 19.0. The number of nitrogens with two attached hydrogens (primary N) is 1. The van der Waals surface area contributed by atoms with Crippen LogP contribution in [0.1, 0.15) is 10.4 Å². The molecule has 8 nitrogen and oxygen atoms in total. The number of amides is 1. The molecule has 0 aliphatic carbocycles. The number of hydrogen-bond acceptors (Lipinski definition) is 4. The molecule has 0 aliphatic heterocycles. The van der Waals surface area contributed by atoms with Crippen molar-refractivity contribution in [2.24, 2.45) is 0 Å². The van der Waals surface area contributed by atoms with E-state index in [1.54, 1.807) is 30.5 Å². The molecular weight excluding hydrogens is 394 g/mol. The number of fused-ring (bicyclic) bond motifs is 2. The number of nitrogens with zero attached hydrogens (tertiary/aromatic N) is 1. The molecule has 2 heterocycles. The van der Waals surface area contributed by atoms with Gasteiger partial charge in [0.2, 0.25) is 0 Å². The first-order valence-electron chi connectivity index (χ1n) is 9.39. The van der Waals surface area contributed by atoms with E-state index in [1.165, 1.54) is 0 Å². The number of anilines is 2. The fourth-order valence-corrected chi connectivity index (χ4v) is 3.48. The van der Waals surface area contributed by atoms with Gasteiger partial charge in [-0.1, -0.05) is 12.1 Å². The van der Waals surface area contributed by atoms with Crippen LogP contribution in [0.4, 0.5) is 11.4 Å². The number of aromatic nitrogens is 3. The van der Waals surface area contributed by atoms with E-state index in [0.717, 1.165) is 32.9 Å². The van der Waals surface area contributed by atoms with Crippen LogP contribution in [0.5, 0.6) is 0 Å². The van der Waals surface area contributed by atoms with Crippen molar-refractivity contribution in [1.82, 2.24) is 15.2 Å². The topological polar surface area (TPSA) is 137 Å². The zero-order chi connectivity index (χ0) is 21.8. The standard InChI is InChI=1S/C22H17N5O.CH2O2/c23-15-6-4-13(5-7-15)22(28)26-20-10-14(11-21-18(20)12-25-27-21)16-2-1-3-19-17(16)8-9-24-19;2-1-3/h1-12,24H,23H2,(H,25,27)(H,26,28);1H,(H,2,3). The summed E-state index contributed by atoms with van der Waals surface area (Å²) in [5.41, 5.74) is 11.6. The molecule has 0 atom stereocenters. The van der Waals surface area contributed by atoms with Crippen molar-refractivity contribution in [2.75, 3.05) is 11.1 Å². The summed E-state index contributed by atoms with van der Waals surface area (Å²) in [5, 5.41) is 19.0. The zero-order valence-corrected chi connectivity index (χ0v) is 16.3. The second-order valence-electron chi connectivity index (χ2n) is 6.78. The summed E-state index contributed by atoms with van der Waals surface area (Å²) >= 11 is 0. The zero-order valence-electron chi connectivity index (χ0n) is 16.3. The van der Waals surface area contributed by atoms with Gasteiger partial charge < -0.3 is 21.1 Å². The third-order valence-electron chi connectivity index (χ3n) is 4.89. The molecule has 0 aliphatic rings. The lowest BCUT2D eigenvalue weighted by Crippen LogP contribution is -2.12. The number of nitrogen functional groups attached to an aromatic ring is 1. The van der Waals surface area contributed by atoms with Crippen molar-refractivity contribution in [3.63, 3.8) is 0 Å². The van der Waals surface area contributed by atoms with E-state index in [0.29, 0.717) is 16.9 Å². The largest absolute Gasteiger partial charge is 0.483 e. The molecule has 5 aromatic rings. The summed E-state index contributed by atoms with van der Waals surface area (Å²) in [4.78, 5) is 24.3. The summed E-state index contributed by atoms with van der Waals surface area (Å²) < 4.78 is 0. The second-order valence-corrected chi connectivity index (χ2v) is 6.78. The molecule has 0 bridgehead atoms. The Kier molecular flexibility index (Phi) is 5.35. The average Bonchev–Trinajstić information content (AvgIpc) is 3.44. The van der Waals surface area contributed by atoms with Crippen LogP contribution in [0.3, 0.4) is 0 Å². The first-order chi connectivity index (χ1) is 15.1. The Morgan fingerprint density at radius 1 is 1.03 bits per heavy atom. The Morgan fingerprint density at radius 3 is 2.58 bits per heavy atom. The van der Waals surface area contributed by atoms with Crippen LogP contribution in [0.2, 0.25) is 0 Å². The van der Waals surface area contributed by atoms with Crippen molar-refractivity contribution < 1.29 is 14.7 Å². The minimum atomic E-state index is -0.250. The van der Waals surface area contributed by atoms with Crippen LogP contribution >= 0.6 is 0 Å². The molecule has 2 aromatic heterocycles. The molecule has 0 spiro atoms. The number of carbonyl (C=O) groups is 2. The number of benzene rings is 3. The van der Waals surface area contributed by atoms with Gasteiger partial charge in [0.05, 0.1) is 17.4 Å². The lowest BCUT2D eigenvalue weighted by atomic mass is 9.99. The minimum absolute atomic E-state index is 0.195. The number of rotatable bonds is 3. The molecule has 0 saturated carbocycles. The molecule has 154 valence electrons. The Hall–Kier alpha value is -4.59. The van der Waals surface area contributed by atoms with E-state index < -0.39 is 0 Å². The predicted molar refractivity (Wildman–Crippen MR) is 121 cm³/mol. The number of carboxylic acid groups (broad SMARTS) is 1. The molecular formula is C23H19N5O3. The van der Waals surface area contributed by atoms with Crippen LogP contribution in [0, 0.1) is 0 Å². The minimum Gasteiger partial charge on any atom is -0.483 e. The van der Waals surface area contributed by atoms with Crippen LogP contribution in [0.15, 0.2) is 73.1 Å². The third kappa shape index (κ3) is 3.95. The summed E-state index contributed by atoms with van der Waals surface area (Å²) in [6.07, 6.45) is 3.64. The summed E-state index contributed by atoms with van der Waals surface area (Å²) in [6.45, 7) is -0.250. The van der Waals surface area contributed by atoms with E-state index in [2.05, 4.69) is 32.6 Å². The molecule has 1 amide bonds. The van der Waals surface area contributed by atoms with Crippen molar-refractivity contribution in [3.8, 4) is 11.1 Å². The van der Waals surface area contributed by atoms with Gasteiger partial charge in [-0.15, -0.1) is 0 Å². The van der Waals surface area contributed by atoms with Crippen molar-refractivity contribution in [1.29, 1.82) is 0 Å². The predicted octanol–water partition coefficient (Wildman–Crippen LogP) is 4.25. The molecule has 6 N–H and O–H groups in total. The fourth-order valence-electron chi connectivity index (χ4n) is 3.48. The number of carbonyl (C=O) groups excluding carboxylic acids is 1. The highest BCUT2D eigenvalue weighted by Crippen LogP contribution is 2.34. The number of nitrogens with one attached hydrogen (secondary N) is 3. The van der Waals surface area contributed by atoms with Gasteiger partial charge in [-0.05, 0) is 59.7 Å². The van der Waals surface area contributed by atoms with Crippen molar-refractivity contribution >= 4 is 45.6 Å². The van der Waals surface area contributed by atoms with Crippen LogP contribution < -0.4 is 11.1 Å². The first kappa shape index (κ1) is 19.7. The Balaban J connectivity index is 0.000000730. The van der Waals surface area contributed by atoms with E-state index in [4.69, 9.17) is 15.6 Å². The van der Waals surface area contributed by atoms with Gasteiger partial charge in [0, 0.05) is 33.7 Å². The smallest absolute Gasteiger partial charge is 0.290 e. The highest BCUT2D eigenvalue weighted by molar-refractivity contribution is 6.10. The van der Waals surface area contributed by atoms with Gasteiger partial charge in [0.25, 0.3) is 12.4 Å². The van der Waals surface area contributed by atoms with E-state index in [-0.39, 0.29) is 12.4 Å². The maximum atomic E-state index is 12.7. The molecule has 0 saturated heterocycles. The molecule has 0 unspecified atom stereocenters. The maximum absolute atomic E-state index is 12.7. The lowest BCUT2D eigenvalue weighted by molar-refractivity contribution is -0.122. The van der Waals surface area contributed by atoms with E-state index in [1.807, 2.05) is 30.5 Å². The SMILES string of the molecule is Nc1ccc(C(=O)Nc2cc(-c3cccc4[nH]ccc34)cc3[nH]ncc23)cc1.O=CO. The lowest BCUT2D eigenvalue weighted by Gasteiger charge is -2.11. The number of aromatic amines is 2. The molecule has 0 fully saturated rings. The van der Waals surface area contributed by atoms with Crippen molar-refractivity contribution in [3.05, 3.63) is 78.6 Å². The third-order valence-corrected chi connectivity index (χ3v) is 4.89. The molecule has 5 rings (SSSR count). The van der Waals surface area contributed by atoms with Gasteiger partial charge in [0.1, 0.15) is 0 Å². The Labute approximate surface area is 176 Å². The van der Waals surface area contributed by atoms with Gasteiger partial charge >= 0.3 is 0 Å². The second kappa shape index (κ2) is 8.42. The van der Waals surface area contributed by atoms with Gasteiger partial charge in [-0.3, -0.25) is 14.7 Å². The molecule has 3 aromatic carbocycles. The Morgan fingerprint density at radius 2 is 1.81 bits per heavy atom. The molecule has 0 radical (unpaired) electrons. The fraction of sp³-hybridized carbons (Fsp3) is 0. The molecule has 8 heteroatoms. The number of H-pyrrole nitrogens is 2. The van der Waals surface area contributed by atoms with Gasteiger partial charge in [0.15, 0.2) is 0 Å². The number of hydrogen-bond donors (Lipinski definition) is 5. The normalized spacial score (nSPS) is 10.5. The highest BCUT2D eigenvalue weighted by Gasteiger charge is 2.13. The summed E-state index contributed by atoms with van der Waals surface area (Å²) in [7, 11) is 0. The van der Waals surface area contributed by atoms with Crippen molar-refractivity contribution in [2.45, 2.75) is 0 Å². The Bertz CT molecular complexity index is 1370. The average molecular weight is 413 g/mol. The first-order valence-corrected chi connectivity index (χ1v) is 9.39. The highest BCUT2D eigenvalue weighted by atomic mass is 16.3. The van der Waals surface area contributed by atoms with Gasteiger partial charge in [-0.25, -0.2) is 0 Å². The summed E-state index contributed by atoms with van der Waals surface area (Å²) in [5.74, 6) is -0.195. The van der Waals surface area contributed by atoms with E-state index >= 15 is 0 Å². The maximum Gasteiger partial charge on any atom is 0.290 e. The van der Waals surface area contributed by atoms with Crippen LogP contribution in [0.25, 0.3) is 32.9 Å². The van der Waals surface area contributed by atoms with Crippen LogP contribution in [-0.4, -0.2) is 32.7 Å². The molecule has 31 heavy (non-hydrogen) atoms. The monoisotopic (exact) mass is 413 g/mol. The quantitative estimate of drug-likeness (QED) is 0.222. The van der Waals surface area contributed by atoms with Crippen LogP contribution in [-0.2, 0) is 4.79 Å². The van der Waals surface area contributed by atoms with E-state index in [9.17, 15) is 4.79 Å². The van der Waals surface area contributed by atoms with Gasteiger partial charge in [-0.2, -0.15) is 5.10 Å².